The Labute approximate surface area is 159 Å². The van der Waals surface area contributed by atoms with Gasteiger partial charge in [-0.15, -0.1) is 0 Å². The van der Waals surface area contributed by atoms with Crippen molar-refractivity contribution in [3.63, 3.8) is 0 Å². The third-order valence-electron chi connectivity index (χ3n) is 4.01. The first-order valence-electron chi connectivity index (χ1n) is 8.23. The molecule has 6 nitrogen and oxygen atoms in total. The van der Waals surface area contributed by atoms with Crippen molar-refractivity contribution in [3.8, 4) is 0 Å². The average Bonchev–Trinajstić information content (AvgIpc) is 3.09. The lowest BCUT2D eigenvalue weighted by Gasteiger charge is -2.17. The maximum atomic E-state index is 12.2. The van der Waals surface area contributed by atoms with Crippen molar-refractivity contribution in [3.05, 3.63) is 64.3 Å². The van der Waals surface area contributed by atoms with Gasteiger partial charge < -0.3 is 10.1 Å². The van der Waals surface area contributed by atoms with Gasteiger partial charge in [0.25, 0.3) is 5.91 Å². The number of esters is 1. The van der Waals surface area contributed by atoms with Crippen molar-refractivity contribution in [2.45, 2.75) is 19.4 Å². The van der Waals surface area contributed by atoms with E-state index in [2.05, 4.69) is 31.4 Å². The molecular weight excluding hydrogens is 398 g/mol. The maximum absolute atomic E-state index is 12.2. The van der Waals surface area contributed by atoms with Gasteiger partial charge in [0.1, 0.15) is 0 Å². The fraction of sp³-hybridized carbons (Fsp3) is 0.211. The summed E-state index contributed by atoms with van der Waals surface area (Å²) in [6, 6.07) is 14.8. The molecule has 0 saturated heterocycles. The normalized spacial score (nSPS) is 11.9. The van der Waals surface area contributed by atoms with Crippen LogP contribution in [-0.4, -0.2) is 28.7 Å². The van der Waals surface area contributed by atoms with Gasteiger partial charge in [0.2, 0.25) is 0 Å². The molecule has 0 bridgehead atoms. The molecule has 0 aliphatic heterocycles. The Morgan fingerprint density at radius 3 is 2.65 bits per heavy atom. The largest absolute Gasteiger partial charge is 0.451 e. The van der Waals surface area contributed by atoms with Crippen molar-refractivity contribution in [1.29, 1.82) is 0 Å². The van der Waals surface area contributed by atoms with Crippen LogP contribution in [0.3, 0.4) is 0 Å². The van der Waals surface area contributed by atoms with Crippen molar-refractivity contribution >= 4 is 38.7 Å². The molecule has 0 aliphatic carbocycles. The number of ether oxygens (including phenoxy) is 1. The molecular formula is C19H18BrN3O3. The summed E-state index contributed by atoms with van der Waals surface area (Å²) in [5.41, 5.74) is 1.91. The molecule has 1 aromatic heterocycles. The third-order valence-corrected chi connectivity index (χ3v) is 4.54. The Hall–Kier alpha value is -2.67. The van der Waals surface area contributed by atoms with Crippen LogP contribution in [0.1, 0.15) is 35.4 Å². The zero-order valence-corrected chi connectivity index (χ0v) is 15.7. The molecule has 0 spiro atoms. The highest BCUT2D eigenvalue weighted by atomic mass is 79.9. The summed E-state index contributed by atoms with van der Waals surface area (Å²) in [7, 11) is 0. The Bertz CT molecular complexity index is 921. The molecule has 1 atom stereocenters. The van der Waals surface area contributed by atoms with E-state index in [1.165, 1.54) is 0 Å². The van der Waals surface area contributed by atoms with Crippen LogP contribution in [0.2, 0.25) is 0 Å². The summed E-state index contributed by atoms with van der Waals surface area (Å²) in [5, 5.41) is 10.3. The highest BCUT2D eigenvalue weighted by Crippen LogP contribution is 2.19. The minimum atomic E-state index is -0.630. The monoisotopic (exact) mass is 415 g/mol. The van der Waals surface area contributed by atoms with Gasteiger partial charge in [-0.25, -0.2) is 4.79 Å². The van der Waals surface area contributed by atoms with Crippen molar-refractivity contribution in [1.82, 2.24) is 15.5 Å². The number of aromatic amines is 1. The van der Waals surface area contributed by atoms with E-state index in [0.29, 0.717) is 5.39 Å². The number of hydrogen-bond acceptors (Lipinski definition) is 4. The molecule has 0 aliphatic rings. The van der Waals surface area contributed by atoms with Gasteiger partial charge in [0.15, 0.2) is 12.3 Å². The van der Waals surface area contributed by atoms with Crippen LogP contribution in [-0.2, 0) is 9.53 Å². The fourth-order valence-electron chi connectivity index (χ4n) is 2.67. The molecule has 7 heteroatoms. The minimum Gasteiger partial charge on any atom is -0.451 e. The van der Waals surface area contributed by atoms with Crippen LogP contribution in [0.4, 0.5) is 0 Å². The van der Waals surface area contributed by atoms with Crippen LogP contribution >= 0.6 is 15.9 Å². The number of nitrogens with one attached hydrogen (secondary N) is 2. The molecule has 2 aromatic carbocycles. The Balaban J connectivity index is 1.59. The van der Waals surface area contributed by atoms with Gasteiger partial charge in [-0.2, -0.15) is 5.10 Å². The predicted molar refractivity (Wildman–Crippen MR) is 102 cm³/mol. The molecule has 0 fully saturated rings. The number of para-hydroxylation sites is 1. The number of aromatic nitrogens is 2. The number of H-pyrrole nitrogens is 1. The summed E-state index contributed by atoms with van der Waals surface area (Å²) in [6.07, 6.45) is 0.728. The number of amides is 1. The number of benzene rings is 2. The van der Waals surface area contributed by atoms with Crippen LogP contribution in [0.15, 0.2) is 53.0 Å². The molecule has 3 rings (SSSR count). The van der Waals surface area contributed by atoms with Crippen molar-refractivity contribution in [2.24, 2.45) is 0 Å². The Morgan fingerprint density at radius 1 is 1.19 bits per heavy atom. The lowest BCUT2D eigenvalue weighted by Crippen LogP contribution is -2.32. The Kier molecular flexibility index (Phi) is 5.68. The zero-order chi connectivity index (χ0) is 18.5. The van der Waals surface area contributed by atoms with Crippen LogP contribution in [0.5, 0.6) is 0 Å². The van der Waals surface area contributed by atoms with E-state index in [9.17, 15) is 9.59 Å². The van der Waals surface area contributed by atoms with Gasteiger partial charge in [0, 0.05) is 9.86 Å². The van der Waals surface area contributed by atoms with E-state index in [1.807, 2.05) is 49.4 Å². The maximum Gasteiger partial charge on any atom is 0.359 e. The van der Waals surface area contributed by atoms with Gasteiger partial charge in [0.05, 0.1) is 11.6 Å². The number of hydrogen-bond donors (Lipinski definition) is 2. The Morgan fingerprint density at radius 2 is 1.92 bits per heavy atom. The number of nitrogens with zero attached hydrogens (tertiary/aromatic N) is 1. The third kappa shape index (κ3) is 4.11. The van der Waals surface area contributed by atoms with E-state index in [4.69, 9.17) is 4.74 Å². The quantitative estimate of drug-likeness (QED) is 0.600. The number of carbonyl (C=O) groups excluding carboxylic acids is 2. The van der Waals surface area contributed by atoms with E-state index < -0.39 is 5.97 Å². The molecule has 134 valence electrons. The van der Waals surface area contributed by atoms with Crippen LogP contribution in [0, 0.1) is 0 Å². The molecule has 2 N–H and O–H groups in total. The lowest BCUT2D eigenvalue weighted by atomic mass is 10.0. The average molecular weight is 416 g/mol. The van der Waals surface area contributed by atoms with Crippen LogP contribution in [0.25, 0.3) is 10.9 Å². The summed E-state index contributed by atoms with van der Waals surface area (Å²) in [5.74, 6) is -0.984. The van der Waals surface area contributed by atoms with Crippen LogP contribution < -0.4 is 5.32 Å². The first-order valence-corrected chi connectivity index (χ1v) is 9.03. The van der Waals surface area contributed by atoms with E-state index in [0.717, 1.165) is 22.0 Å². The number of fused-ring (bicyclic) bond motifs is 1. The first-order chi connectivity index (χ1) is 12.6. The SMILES string of the molecule is CC[C@@H](NC(=O)COC(=O)c1n[nH]c2ccccc12)c1ccc(Br)cc1. The standard InChI is InChI=1S/C19H18BrN3O3/c1-2-15(12-7-9-13(20)10-8-12)21-17(24)11-26-19(25)18-14-5-3-4-6-16(14)22-23-18/h3-10,15H,2,11H2,1H3,(H,21,24)(H,22,23)/t15-/m1/s1. The summed E-state index contributed by atoms with van der Waals surface area (Å²) >= 11 is 3.39. The number of carbonyl (C=O) groups is 2. The second kappa shape index (κ2) is 8.14. The smallest absolute Gasteiger partial charge is 0.359 e. The number of halogens is 1. The topological polar surface area (TPSA) is 84.1 Å². The molecule has 0 radical (unpaired) electrons. The van der Waals surface area contributed by atoms with Crippen molar-refractivity contribution < 1.29 is 14.3 Å². The molecule has 3 aromatic rings. The first kappa shape index (κ1) is 18.1. The second-order valence-electron chi connectivity index (χ2n) is 5.77. The van der Waals surface area contributed by atoms with E-state index in [-0.39, 0.29) is 24.2 Å². The summed E-state index contributed by atoms with van der Waals surface area (Å²) in [4.78, 5) is 24.4. The molecule has 1 amide bonds. The highest BCUT2D eigenvalue weighted by molar-refractivity contribution is 9.10. The molecule has 0 saturated carbocycles. The second-order valence-corrected chi connectivity index (χ2v) is 6.69. The lowest BCUT2D eigenvalue weighted by molar-refractivity contribution is -0.125. The highest BCUT2D eigenvalue weighted by Gasteiger charge is 2.18. The predicted octanol–water partition coefficient (Wildman–Crippen LogP) is 3.75. The van der Waals surface area contributed by atoms with Gasteiger partial charge in [-0.1, -0.05) is 53.2 Å². The fourth-order valence-corrected chi connectivity index (χ4v) is 2.94. The van der Waals surface area contributed by atoms with E-state index in [1.54, 1.807) is 6.07 Å². The van der Waals surface area contributed by atoms with Gasteiger partial charge in [-0.05, 0) is 30.2 Å². The molecule has 0 unspecified atom stereocenters. The van der Waals surface area contributed by atoms with E-state index >= 15 is 0 Å². The number of rotatable bonds is 6. The minimum absolute atomic E-state index is 0.138. The summed E-state index contributed by atoms with van der Waals surface area (Å²) in [6.45, 7) is 1.63. The van der Waals surface area contributed by atoms with Crippen molar-refractivity contribution in [2.75, 3.05) is 6.61 Å². The molecule has 1 heterocycles. The van der Waals surface area contributed by atoms with Gasteiger partial charge >= 0.3 is 5.97 Å². The summed E-state index contributed by atoms with van der Waals surface area (Å²) < 4.78 is 6.09. The van der Waals surface area contributed by atoms with Gasteiger partial charge in [-0.3, -0.25) is 9.89 Å². The molecule has 26 heavy (non-hydrogen) atoms. The zero-order valence-electron chi connectivity index (χ0n) is 14.2.